The lowest BCUT2D eigenvalue weighted by molar-refractivity contribution is -0.204. The molecule has 0 unspecified atom stereocenters. The lowest BCUT2D eigenvalue weighted by atomic mass is 10.1. The number of unbranched alkanes of at least 4 members (excludes halogenated alkanes) is 22. The molecule has 0 aromatic heterocycles. The van der Waals surface area contributed by atoms with Gasteiger partial charge < -0.3 is 35.4 Å². The van der Waals surface area contributed by atoms with Gasteiger partial charge in [-0.15, -0.1) is 0 Å². The van der Waals surface area contributed by atoms with Crippen LogP contribution < -0.4 is 16.0 Å². The summed E-state index contributed by atoms with van der Waals surface area (Å²) in [4.78, 5) is 64.5. The molecule has 0 aliphatic carbocycles. The van der Waals surface area contributed by atoms with Crippen molar-refractivity contribution in [3.8, 4) is 0 Å². The van der Waals surface area contributed by atoms with Crippen molar-refractivity contribution in [3.05, 3.63) is 24.3 Å². The first kappa shape index (κ1) is 59.1. The maximum Gasteiger partial charge on any atom is 0.328 e. The van der Waals surface area contributed by atoms with Crippen LogP contribution in [0.4, 0.5) is 0 Å². The molecule has 0 aromatic carbocycles. The highest BCUT2D eigenvalue weighted by atomic mass is 32.1. The zero-order valence-electron chi connectivity index (χ0n) is 38.8. The topological polar surface area (TPSA) is 201 Å². The molecule has 0 aliphatic rings. The summed E-state index contributed by atoms with van der Waals surface area (Å²) < 4.78 is 11.4. The van der Waals surface area contributed by atoms with Crippen molar-refractivity contribution < 1.29 is 48.8 Å². The van der Waals surface area contributed by atoms with Crippen LogP contribution in [0.1, 0.15) is 207 Å². The van der Waals surface area contributed by atoms with Crippen molar-refractivity contribution in [2.24, 2.45) is 0 Å². The van der Waals surface area contributed by atoms with Crippen molar-refractivity contribution in [2.45, 2.75) is 230 Å². The van der Waals surface area contributed by atoms with Crippen LogP contribution in [-0.2, 0) is 33.4 Å². The number of aliphatic hydroxyl groups is 2. The van der Waals surface area contributed by atoms with Gasteiger partial charge in [0.2, 0.25) is 11.8 Å². The summed E-state index contributed by atoms with van der Waals surface area (Å²) in [6.45, 7) is 4.62. The van der Waals surface area contributed by atoms with Crippen LogP contribution in [0, 0.1) is 0 Å². The van der Waals surface area contributed by atoms with Gasteiger partial charge in [0, 0.05) is 12.8 Å². The number of ether oxygens (including phenoxy) is 2. The largest absolute Gasteiger partial charge is 0.480 e. The van der Waals surface area contributed by atoms with E-state index in [1.54, 1.807) is 0 Å². The number of thiol groups is 1. The Morgan fingerprint density at radius 3 is 1.23 bits per heavy atom. The average Bonchev–Trinajstić information content (AvgIpc) is 3.24. The van der Waals surface area contributed by atoms with Gasteiger partial charge in [-0.25, -0.2) is 4.79 Å². The number of esters is 2. The average molecular weight is 898 g/mol. The number of allylic oxidation sites excluding steroid dienone is 4. The van der Waals surface area contributed by atoms with Crippen molar-refractivity contribution in [1.29, 1.82) is 0 Å². The number of carbonyl (C=O) groups is 5. The number of rotatable bonds is 43. The molecule has 13 nitrogen and oxygen atoms in total. The van der Waals surface area contributed by atoms with Crippen LogP contribution in [0.15, 0.2) is 24.3 Å². The van der Waals surface area contributed by atoms with Crippen LogP contribution >= 0.6 is 12.6 Å². The molecule has 2 amide bonds. The van der Waals surface area contributed by atoms with Gasteiger partial charge in [-0.1, -0.05) is 160 Å². The minimum absolute atomic E-state index is 0.00617. The molecule has 6 N–H and O–H groups in total. The molecule has 0 heterocycles. The zero-order chi connectivity index (χ0) is 46.1. The fraction of sp³-hybridized carbons (Fsp3) is 0.812. The summed E-state index contributed by atoms with van der Waals surface area (Å²) in [6, 6.07) is -4.96. The molecule has 0 aromatic rings. The Balaban J connectivity index is 5.34. The first-order chi connectivity index (χ1) is 30.0. The molecule has 0 fully saturated rings. The maximum absolute atomic E-state index is 13.8. The lowest BCUT2D eigenvalue weighted by Crippen LogP contribution is -2.63. The molecule has 0 rings (SSSR count). The summed E-state index contributed by atoms with van der Waals surface area (Å²) >= 11 is 4.51. The Labute approximate surface area is 380 Å². The van der Waals surface area contributed by atoms with Crippen molar-refractivity contribution in [2.75, 3.05) is 19.8 Å². The summed E-state index contributed by atoms with van der Waals surface area (Å²) in [5.41, 5.74) is 0. The Hall–Kier alpha value is -2.94. The third-order valence-corrected chi connectivity index (χ3v) is 11.1. The summed E-state index contributed by atoms with van der Waals surface area (Å²) in [7, 11) is 0. The van der Waals surface area contributed by atoms with E-state index in [0.717, 1.165) is 77.0 Å². The van der Waals surface area contributed by atoms with Crippen molar-refractivity contribution in [3.63, 3.8) is 0 Å². The minimum atomic E-state index is -2.43. The highest BCUT2D eigenvalue weighted by Crippen LogP contribution is 2.27. The maximum atomic E-state index is 13.8. The Bertz CT molecular complexity index is 1180. The molecule has 3 atom stereocenters. The van der Waals surface area contributed by atoms with Crippen LogP contribution in [-0.4, -0.2) is 88.0 Å². The van der Waals surface area contributed by atoms with Gasteiger partial charge in [-0.05, 0) is 77.2 Å². The second kappa shape index (κ2) is 40.8. The van der Waals surface area contributed by atoms with Gasteiger partial charge >= 0.3 is 23.0 Å². The minimum Gasteiger partial charge on any atom is -0.480 e. The number of aliphatic hydroxyl groups excluding tert-OH is 2. The molecule has 360 valence electrons. The monoisotopic (exact) mass is 898 g/mol. The third kappa shape index (κ3) is 31.8. The van der Waals surface area contributed by atoms with Crippen molar-refractivity contribution in [1.82, 2.24) is 16.0 Å². The zero-order valence-corrected chi connectivity index (χ0v) is 39.7. The highest BCUT2D eigenvalue weighted by molar-refractivity contribution is 7.81. The lowest BCUT2D eigenvalue weighted by Gasteiger charge is -2.35. The Morgan fingerprint density at radius 2 is 0.871 bits per heavy atom. The predicted octanol–water partition coefficient (Wildman–Crippen LogP) is 9.14. The summed E-state index contributed by atoms with van der Waals surface area (Å²) in [5.74, 6) is -5.06. The smallest absolute Gasteiger partial charge is 0.328 e. The van der Waals surface area contributed by atoms with E-state index in [4.69, 9.17) is 9.47 Å². The van der Waals surface area contributed by atoms with E-state index in [0.29, 0.717) is 19.3 Å². The first-order valence-electron chi connectivity index (χ1n) is 24.2. The fourth-order valence-corrected chi connectivity index (χ4v) is 7.24. The predicted molar refractivity (Wildman–Crippen MR) is 251 cm³/mol. The highest BCUT2D eigenvalue weighted by Gasteiger charge is 2.48. The van der Waals surface area contributed by atoms with Gasteiger partial charge in [0.05, 0.1) is 13.2 Å². The molecule has 0 spiro atoms. The fourth-order valence-electron chi connectivity index (χ4n) is 6.83. The van der Waals surface area contributed by atoms with E-state index >= 15 is 0 Å². The van der Waals surface area contributed by atoms with Gasteiger partial charge in [-0.3, -0.25) is 24.5 Å². The number of carbonyl (C=O) groups excluding carboxylic acids is 4. The van der Waals surface area contributed by atoms with Gasteiger partial charge in [0.25, 0.3) is 0 Å². The molecule has 0 radical (unpaired) electrons. The van der Waals surface area contributed by atoms with Gasteiger partial charge in [0.15, 0.2) is 6.04 Å². The SMILES string of the molecule is CCCCCCCC/C=C\CCCCCCCC(=O)OC(S)(OC(=O)CCCCCCC/C=C\CCCCCCCC)[C@H](NCCC)C(=O)N[C@@H](CO)C(=O)N[C@@H](CO)C(=O)O. The van der Waals surface area contributed by atoms with E-state index in [9.17, 15) is 39.3 Å². The number of carboxylic acid groups (broad SMARTS) is 1. The second-order valence-corrected chi connectivity index (χ2v) is 17.1. The van der Waals surface area contributed by atoms with E-state index in [-0.39, 0.29) is 19.4 Å². The van der Waals surface area contributed by atoms with Crippen LogP contribution in [0.2, 0.25) is 0 Å². The van der Waals surface area contributed by atoms with Crippen LogP contribution in [0.5, 0.6) is 0 Å². The summed E-state index contributed by atoms with van der Waals surface area (Å²) in [6.07, 6.45) is 38.0. The van der Waals surface area contributed by atoms with Crippen LogP contribution in [0.3, 0.4) is 0 Å². The van der Waals surface area contributed by atoms with E-state index < -0.39 is 66.2 Å². The van der Waals surface area contributed by atoms with Crippen molar-refractivity contribution >= 4 is 42.4 Å². The first-order valence-corrected chi connectivity index (χ1v) is 24.7. The summed E-state index contributed by atoms with van der Waals surface area (Å²) in [5, 5.41) is 33.4. The molecular weight excluding hydrogens is 811 g/mol. The van der Waals surface area contributed by atoms with E-state index in [2.05, 4.69) is 66.7 Å². The number of nitrogens with one attached hydrogen (secondary N) is 3. The number of hydrogen-bond donors (Lipinski definition) is 7. The van der Waals surface area contributed by atoms with Gasteiger partial charge in [0.1, 0.15) is 12.1 Å². The number of aliphatic carboxylic acids is 1. The molecule has 14 heteroatoms. The number of carboxylic acids is 1. The third-order valence-electron chi connectivity index (χ3n) is 10.6. The molecule has 0 saturated heterocycles. The number of hydrogen-bond acceptors (Lipinski definition) is 11. The Kier molecular flexibility index (Phi) is 38.9. The van der Waals surface area contributed by atoms with Crippen LogP contribution in [0.25, 0.3) is 0 Å². The Morgan fingerprint density at radius 1 is 0.516 bits per heavy atom. The molecular formula is C48H87N3O10S. The molecule has 0 saturated carbocycles. The van der Waals surface area contributed by atoms with E-state index in [1.165, 1.54) is 77.0 Å². The number of amides is 2. The van der Waals surface area contributed by atoms with E-state index in [1.807, 2.05) is 6.92 Å². The quantitative estimate of drug-likeness (QED) is 0.0101. The second-order valence-electron chi connectivity index (χ2n) is 16.5. The normalized spacial score (nSPS) is 13.3. The van der Waals surface area contributed by atoms with Gasteiger partial charge in [-0.2, -0.15) is 0 Å². The standard InChI is InChI=1S/C48H87N3O10S/c1-4-7-9-11-13-15-17-19-21-23-25-27-29-31-33-35-42(54)60-48(62,44(49-37-6-3)46(57)50-40(38-52)45(56)51-41(39-53)47(58)59)61-43(55)36-34-32-30-28-26-24-22-20-18-16-14-12-10-8-5-2/h19-22,40-41,44,49,52-53,62H,4-18,23-39H2,1-3H3,(H,50,57)(H,51,56)(H,58,59)/b21-19-,22-20-/t40-,41-,44+/m0/s1. The molecule has 0 aliphatic heterocycles. The molecule has 62 heavy (non-hydrogen) atoms. The molecule has 0 bridgehead atoms.